The highest BCUT2D eigenvalue weighted by atomic mass is 32.2. The lowest BCUT2D eigenvalue weighted by molar-refractivity contribution is 0.0686. The molecular formula is C46H34N10O24S6. The van der Waals surface area contributed by atoms with Crippen LogP contribution in [0.4, 0.5) is 22.7 Å². The lowest BCUT2D eigenvalue weighted by Crippen LogP contribution is -2.27. The molecule has 0 radical (unpaired) electrons. The van der Waals surface area contributed by atoms with E-state index >= 15 is 0 Å². The van der Waals surface area contributed by atoms with E-state index in [9.17, 15) is 97.6 Å². The van der Waals surface area contributed by atoms with Crippen molar-refractivity contribution in [1.82, 2.24) is 29.9 Å². The molecule has 86 heavy (non-hydrogen) atoms. The van der Waals surface area contributed by atoms with E-state index in [2.05, 4.69) is 49.9 Å². The number of aromatic amines is 4. The van der Waals surface area contributed by atoms with Gasteiger partial charge in [-0.25, -0.2) is 29.6 Å². The van der Waals surface area contributed by atoms with Crippen LogP contribution in [-0.4, -0.2) is 130 Å². The van der Waals surface area contributed by atoms with Gasteiger partial charge in [-0.1, -0.05) is 24.3 Å². The molecule has 0 saturated carbocycles. The van der Waals surface area contributed by atoms with Gasteiger partial charge in [-0.15, -0.1) is 0 Å². The summed E-state index contributed by atoms with van der Waals surface area (Å²) in [5, 5.41) is 18.6. The summed E-state index contributed by atoms with van der Waals surface area (Å²) in [5.41, 5.74) is -5.69. The number of rotatable bonds is 18. The van der Waals surface area contributed by atoms with Crippen LogP contribution in [-0.2, 0) is 60.7 Å². The van der Waals surface area contributed by atoms with Crippen LogP contribution in [0.25, 0.3) is 12.2 Å². The van der Waals surface area contributed by atoms with Crippen LogP contribution in [0.1, 0.15) is 31.8 Å². The van der Waals surface area contributed by atoms with Crippen molar-refractivity contribution in [1.29, 1.82) is 0 Å². The number of carboxylic acid groups (broad SMARTS) is 2. The zero-order valence-electron chi connectivity index (χ0n) is 41.9. The number of nitrogens with one attached hydrogen (secondary N) is 4. The van der Waals surface area contributed by atoms with E-state index < -0.39 is 148 Å². The fourth-order valence-electron chi connectivity index (χ4n) is 7.15. The van der Waals surface area contributed by atoms with Gasteiger partial charge < -0.3 is 19.7 Å². The maximum atomic E-state index is 12.9. The Balaban J connectivity index is 1.22. The van der Waals surface area contributed by atoms with Crippen molar-refractivity contribution in [2.75, 3.05) is 0 Å². The molecule has 8 aromatic rings. The molecule has 0 bridgehead atoms. The third kappa shape index (κ3) is 15.7. The van der Waals surface area contributed by atoms with Crippen molar-refractivity contribution in [3.05, 3.63) is 166 Å². The first kappa shape index (κ1) is 62.3. The van der Waals surface area contributed by atoms with E-state index in [0.717, 1.165) is 72.8 Å². The zero-order chi connectivity index (χ0) is 62.9. The van der Waals surface area contributed by atoms with Crippen LogP contribution in [0.3, 0.4) is 0 Å². The van der Waals surface area contributed by atoms with Crippen LogP contribution in [0, 0.1) is 0 Å². The van der Waals surface area contributed by atoms with E-state index in [1.54, 1.807) is 0 Å². The summed E-state index contributed by atoms with van der Waals surface area (Å²) in [6, 6.07) is 17.7. The average Bonchev–Trinajstić information content (AvgIpc) is 1.27. The summed E-state index contributed by atoms with van der Waals surface area (Å²) in [6.45, 7) is 0. The minimum Gasteiger partial charge on any atom is -0.478 e. The number of aromatic nitrogens is 6. The topological polar surface area (TPSA) is 558 Å². The molecule has 6 aromatic carbocycles. The minimum absolute atomic E-state index is 0.0802. The smallest absolute Gasteiger partial charge is 0.335 e. The second kappa shape index (κ2) is 23.7. The van der Waals surface area contributed by atoms with Gasteiger partial charge >= 0.3 is 24.0 Å². The van der Waals surface area contributed by atoms with Gasteiger partial charge in [-0.05, 0) is 120 Å². The average molecular weight is 1300 g/mol. The quantitative estimate of drug-likeness (QED) is 0.0433. The molecule has 12 N–H and O–H groups in total. The van der Waals surface area contributed by atoms with Crippen molar-refractivity contribution < 1.29 is 107 Å². The maximum absolute atomic E-state index is 12.9. The molecule has 0 fully saturated rings. The molecule has 0 aliphatic heterocycles. The van der Waals surface area contributed by atoms with E-state index in [0.29, 0.717) is 36.4 Å². The standard InChI is InChI=1S/C46H34N10O24S6/c57-39(58)25-5-11-29(12-6-25)79-45-53-41(51-43(55-45)49-33-21-31(81(61,62)63)15-17-35(33)83(67,68)69)47-27-9-3-23(37(19-27)85(73,74)75)1-2-24-4-10-28(20-38(24)86(76,77)78)48-42-52-44(56-46(54-42)80-30-13-7-26(8-14-30)40(59)60)50-34-22-32(82(64,65)66)16-18-36(34)84(70,71)72/h1-22H,(H,57,58)(H,59,60)(H,61,62,63)(H,64,65,66)(H,67,68,69)(H,70,71,72)(H,73,74,75)(H,76,77,78)(H2,47,49,51,53,55)(H2,48,50,52,54,56)/b2-1+. The molecule has 40 heteroatoms. The van der Waals surface area contributed by atoms with Gasteiger partial charge in [0.2, 0.25) is 22.5 Å². The molecule has 34 nitrogen and oxygen atoms in total. The molecule has 8 rings (SSSR count). The molecule has 0 spiro atoms. The highest BCUT2D eigenvalue weighted by Gasteiger charge is 2.23. The van der Waals surface area contributed by atoms with E-state index in [1.165, 1.54) is 24.3 Å². The fourth-order valence-corrected chi connectivity index (χ4v) is 10.8. The predicted octanol–water partition coefficient (Wildman–Crippen LogP) is 3.35. The normalized spacial score (nSPS) is 13.5. The number of nitrogens with zero attached hydrogens (tertiary/aromatic N) is 6. The van der Waals surface area contributed by atoms with Gasteiger partial charge in [0.1, 0.15) is 31.1 Å². The molecule has 0 amide bonds. The summed E-state index contributed by atoms with van der Waals surface area (Å²) >= 11 is 0. The van der Waals surface area contributed by atoms with Gasteiger partial charge in [-0.2, -0.15) is 60.5 Å². The molecule has 2 heterocycles. The third-order valence-electron chi connectivity index (χ3n) is 10.9. The number of carboxylic acids is 2. The molecule has 0 saturated heterocycles. The number of benzene rings is 6. The van der Waals surface area contributed by atoms with E-state index in [4.69, 9.17) is 9.47 Å². The van der Waals surface area contributed by atoms with Gasteiger partial charge in [0, 0.05) is 0 Å². The van der Waals surface area contributed by atoms with Gasteiger partial charge in [0.25, 0.3) is 60.7 Å². The van der Waals surface area contributed by atoms with Crippen LogP contribution >= 0.6 is 0 Å². The molecule has 0 aliphatic carbocycles. The Hall–Kier alpha value is -9.72. The highest BCUT2D eigenvalue weighted by Crippen LogP contribution is 2.31. The predicted molar refractivity (Wildman–Crippen MR) is 287 cm³/mol. The van der Waals surface area contributed by atoms with Crippen LogP contribution in [0.2, 0.25) is 0 Å². The van der Waals surface area contributed by atoms with Crippen LogP contribution in [0.5, 0.6) is 23.5 Å². The molecule has 448 valence electrons. The summed E-state index contributed by atoms with van der Waals surface area (Å²) < 4.78 is 220. The number of aromatic carboxylic acids is 2. The number of H-pyrrole nitrogens is 4. The lowest BCUT2D eigenvalue weighted by Gasteiger charge is -2.08. The second-order valence-corrected chi connectivity index (χ2v) is 25.3. The zero-order valence-corrected chi connectivity index (χ0v) is 46.8. The van der Waals surface area contributed by atoms with Gasteiger partial charge in [0.05, 0.1) is 43.7 Å². The van der Waals surface area contributed by atoms with Crippen molar-refractivity contribution in [3.63, 3.8) is 0 Å². The first-order valence-corrected chi connectivity index (χ1v) is 31.3. The van der Waals surface area contributed by atoms with E-state index in [-0.39, 0.29) is 45.1 Å². The summed E-state index contributed by atoms with van der Waals surface area (Å²) in [7, 11) is -30.8. The van der Waals surface area contributed by atoms with E-state index in [1.807, 2.05) is 0 Å². The monoisotopic (exact) mass is 1300 g/mol. The number of carbonyl (C=O) groups is 2. The molecule has 0 atom stereocenters. The Bertz CT molecular complexity index is 4860. The Labute approximate surface area is 480 Å². The van der Waals surface area contributed by atoms with Crippen molar-refractivity contribution in [2.45, 2.75) is 29.4 Å². The minimum atomic E-state index is -5.25. The largest absolute Gasteiger partial charge is 0.478 e. The van der Waals surface area contributed by atoms with Gasteiger partial charge in [-0.3, -0.25) is 47.3 Å². The Kier molecular flexibility index (Phi) is 17.2. The maximum Gasteiger partial charge on any atom is 0.335 e. The number of hydrogen-bond donors (Lipinski definition) is 12. The van der Waals surface area contributed by atoms with Crippen LogP contribution in [0.15, 0.2) is 171 Å². The SMILES string of the molecule is O=C(O)c1ccc(Oc2nc(=Nc3ccc(/C=C/c4ccc(N=c5nc(Oc6ccc(C(=O)O)cc6)[nH]c(=Nc6cc(S(=O)(=O)O)ccc6S(=O)(=O)O)[nH]5)cc4S(=O)(=O)O)c(S(=O)(=O)O)c3)[nH]c(=Nc3cc(S(=O)(=O)O)ccc3S(=O)(=O)O)[nH]2)cc1. The first-order valence-electron chi connectivity index (χ1n) is 22.7. The fraction of sp³-hybridized carbons (Fsp3) is 0. The van der Waals surface area contributed by atoms with Crippen LogP contribution < -0.4 is 31.9 Å². The molecule has 0 aliphatic rings. The number of ether oxygens (including phenoxy) is 2. The third-order valence-corrected chi connectivity index (χ3v) is 16.2. The van der Waals surface area contributed by atoms with Crippen molar-refractivity contribution >= 4 is 108 Å². The molecule has 2 aromatic heterocycles. The summed E-state index contributed by atoms with van der Waals surface area (Å²) in [6.07, 6.45) is 1.95. The van der Waals surface area contributed by atoms with Crippen molar-refractivity contribution in [3.8, 4) is 23.5 Å². The molecular weight excluding hydrogens is 1270 g/mol. The van der Waals surface area contributed by atoms with Gasteiger partial charge in [0.15, 0.2) is 0 Å². The number of hydrogen-bond acceptors (Lipinski definition) is 22. The Morgan fingerprint density at radius 2 is 0.733 bits per heavy atom. The summed E-state index contributed by atoms with van der Waals surface area (Å²) in [5.74, 6) is -2.75. The lowest BCUT2D eigenvalue weighted by atomic mass is 10.1. The van der Waals surface area contributed by atoms with Crippen molar-refractivity contribution in [2.24, 2.45) is 20.0 Å². The Morgan fingerprint density at radius 1 is 0.395 bits per heavy atom. The Morgan fingerprint density at radius 3 is 1.03 bits per heavy atom. The summed E-state index contributed by atoms with van der Waals surface area (Å²) in [4.78, 5) is 51.8. The highest BCUT2D eigenvalue weighted by molar-refractivity contribution is 7.87. The first-order chi connectivity index (χ1) is 40.0. The molecule has 0 unspecified atom stereocenters. The second-order valence-electron chi connectivity index (χ2n) is 16.9.